The van der Waals surface area contributed by atoms with Gasteiger partial charge in [0.15, 0.2) is 4.80 Å². The number of hydrogen-bond acceptors (Lipinski definition) is 3. The smallest absolute Gasteiger partial charge is 0.252 e. The van der Waals surface area contributed by atoms with E-state index in [4.69, 9.17) is 16.3 Å². The summed E-state index contributed by atoms with van der Waals surface area (Å²) in [5.41, 5.74) is 1.88. The quantitative estimate of drug-likeness (QED) is 0.398. The monoisotopic (exact) mass is 424 g/mol. The Hall–Kier alpha value is -2.47. The molecule has 1 aromatic heterocycles. The van der Waals surface area contributed by atoms with Crippen molar-refractivity contribution in [2.24, 2.45) is 4.99 Å². The second-order valence-corrected chi connectivity index (χ2v) is 8.06. The van der Waals surface area contributed by atoms with Crippen molar-refractivity contribution in [3.05, 3.63) is 76.1 Å². The highest BCUT2D eigenvalue weighted by Crippen LogP contribution is 2.25. The number of thiazole rings is 1. The lowest BCUT2D eigenvalue weighted by atomic mass is 10.0. The molecular weight excluding hydrogens is 404 g/mol. The highest BCUT2D eigenvalue weighted by atomic mass is 35.5. The van der Waals surface area contributed by atoms with Crippen LogP contribution in [0.1, 0.15) is 12.5 Å². The topological polar surface area (TPSA) is 43.6 Å². The fourth-order valence-electron chi connectivity index (χ4n) is 3.44. The summed E-state index contributed by atoms with van der Waals surface area (Å²) in [6, 6.07) is 19.9. The third kappa shape index (κ3) is 4.27. The number of hydrogen-bond donors (Lipinski definition) is 0. The number of fused-ring (bicyclic) bond motifs is 2. The third-order valence-electron chi connectivity index (χ3n) is 4.76. The van der Waals surface area contributed by atoms with Crippen molar-refractivity contribution in [3.8, 4) is 0 Å². The molecule has 0 spiro atoms. The van der Waals surface area contributed by atoms with Gasteiger partial charge in [-0.05, 0) is 35.4 Å². The van der Waals surface area contributed by atoms with Crippen molar-refractivity contribution < 1.29 is 9.53 Å². The van der Waals surface area contributed by atoms with Gasteiger partial charge < -0.3 is 9.30 Å². The number of nitrogens with zero attached hydrogens (tertiary/aromatic N) is 2. The van der Waals surface area contributed by atoms with Crippen LogP contribution in [0.25, 0.3) is 21.0 Å². The summed E-state index contributed by atoms with van der Waals surface area (Å²) in [6.45, 7) is 3.74. The lowest BCUT2D eigenvalue weighted by Crippen LogP contribution is -2.20. The van der Waals surface area contributed by atoms with Gasteiger partial charge in [0, 0.05) is 13.2 Å². The van der Waals surface area contributed by atoms with Gasteiger partial charge >= 0.3 is 0 Å². The first-order valence-corrected chi connectivity index (χ1v) is 10.8. The van der Waals surface area contributed by atoms with Crippen LogP contribution in [0.4, 0.5) is 0 Å². The minimum atomic E-state index is -0.172. The van der Waals surface area contributed by atoms with E-state index in [9.17, 15) is 4.79 Å². The zero-order chi connectivity index (χ0) is 20.2. The van der Waals surface area contributed by atoms with Crippen LogP contribution in [-0.2, 0) is 22.5 Å². The summed E-state index contributed by atoms with van der Waals surface area (Å²) in [5.74, 6) is -0.172. The number of aromatic nitrogens is 1. The first kappa shape index (κ1) is 19.8. The number of halogens is 1. The van der Waals surface area contributed by atoms with Crippen LogP contribution >= 0.6 is 22.9 Å². The molecule has 0 atom stereocenters. The van der Waals surface area contributed by atoms with Crippen LogP contribution < -0.4 is 4.80 Å². The molecule has 0 fully saturated rings. The summed E-state index contributed by atoms with van der Waals surface area (Å²) in [4.78, 5) is 17.9. The molecule has 0 radical (unpaired) electrons. The van der Waals surface area contributed by atoms with E-state index < -0.39 is 0 Å². The van der Waals surface area contributed by atoms with Crippen LogP contribution in [0.5, 0.6) is 0 Å². The number of para-hydroxylation sites is 1. The molecule has 0 N–H and O–H groups in total. The maximum atomic E-state index is 12.8. The predicted molar refractivity (Wildman–Crippen MR) is 120 cm³/mol. The van der Waals surface area contributed by atoms with E-state index in [1.54, 1.807) is 0 Å². The molecule has 6 heteroatoms. The van der Waals surface area contributed by atoms with Crippen molar-refractivity contribution in [1.82, 2.24) is 4.57 Å². The van der Waals surface area contributed by atoms with Crippen LogP contribution in [0.15, 0.2) is 65.7 Å². The average molecular weight is 425 g/mol. The summed E-state index contributed by atoms with van der Waals surface area (Å²) < 4.78 is 8.50. The Balaban J connectivity index is 1.72. The largest absolute Gasteiger partial charge is 0.380 e. The predicted octanol–water partition coefficient (Wildman–Crippen LogP) is 5.22. The first-order chi connectivity index (χ1) is 14.2. The van der Waals surface area contributed by atoms with Gasteiger partial charge in [-0.3, -0.25) is 4.79 Å². The molecule has 3 aromatic carbocycles. The van der Waals surface area contributed by atoms with Crippen LogP contribution in [0, 0.1) is 0 Å². The zero-order valence-electron chi connectivity index (χ0n) is 16.1. The van der Waals surface area contributed by atoms with E-state index in [1.165, 1.54) is 11.3 Å². The van der Waals surface area contributed by atoms with E-state index in [0.717, 1.165) is 26.6 Å². The molecule has 1 amide bonds. The Morgan fingerprint density at radius 2 is 1.90 bits per heavy atom. The van der Waals surface area contributed by atoms with Gasteiger partial charge in [-0.2, -0.15) is 4.99 Å². The van der Waals surface area contributed by atoms with Crippen molar-refractivity contribution in [3.63, 3.8) is 0 Å². The fraction of sp³-hybridized carbons (Fsp3) is 0.217. The van der Waals surface area contributed by atoms with Gasteiger partial charge in [0.25, 0.3) is 5.91 Å². The number of rotatable bonds is 6. The number of amides is 1. The molecule has 4 nitrogen and oxygen atoms in total. The Labute approximate surface area is 178 Å². The van der Waals surface area contributed by atoms with Crippen molar-refractivity contribution in [2.75, 3.05) is 13.2 Å². The van der Waals surface area contributed by atoms with Gasteiger partial charge in [0.2, 0.25) is 0 Å². The molecule has 0 bridgehead atoms. The standard InChI is InChI=1S/C23H21ClN2O2S/c1-2-28-14-13-26-22-19(24)11-6-12-20(22)29-23(26)25-21(27)15-17-9-5-8-16-7-3-4-10-18(16)17/h3-12H,2,13-15H2,1H3. The zero-order valence-corrected chi connectivity index (χ0v) is 17.7. The fourth-order valence-corrected chi connectivity index (χ4v) is 4.87. The molecule has 0 unspecified atom stereocenters. The normalized spacial score (nSPS) is 12.1. The lowest BCUT2D eigenvalue weighted by Gasteiger charge is -2.07. The van der Waals surface area contributed by atoms with E-state index in [2.05, 4.69) is 17.1 Å². The number of carbonyl (C=O) groups excluding carboxylic acids is 1. The number of benzene rings is 3. The summed E-state index contributed by atoms with van der Waals surface area (Å²) in [5, 5.41) is 2.86. The van der Waals surface area contributed by atoms with E-state index in [1.807, 2.05) is 60.0 Å². The minimum Gasteiger partial charge on any atom is -0.380 e. The Morgan fingerprint density at radius 3 is 2.76 bits per heavy atom. The second kappa shape index (κ2) is 8.91. The molecule has 0 saturated carbocycles. The molecule has 4 aromatic rings. The second-order valence-electron chi connectivity index (χ2n) is 6.64. The lowest BCUT2D eigenvalue weighted by molar-refractivity contribution is -0.117. The van der Waals surface area contributed by atoms with E-state index in [0.29, 0.717) is 29.6 Å². The molecule has 4 rings (SSSR count). The van der Waals surface area contributed by atoms with Gasteiger partial charge in [-0.1, -0.05) is 71.5 Å². The maximum Gasteiger partial charge on any atom is 0.252 e. The molecule has 0 aliphatic heterocycles. The number of ether oxygens (including phenoxy) is 1. The van der Waals surface area contributed by atoms with Crippen LogP contribution in [0.3, 0.4) is 0 Å². The van der Waals surface area contributed by atoms with Gasteiger partial charge in [0.1, 0.15) is 0 Å². The summed E-state index contributed by atoms with van der Waals surface area (Å²) in [6.07, 6.45) is 0.259. The Morgan fingerprint density at radius 1 is 1.10 bits per heavy atom. The molecule has 29 heavy (non-hydrogen) atoms. The molecule has 1 heterocycles. The molecule has 0 saturated heterocycles. The molecule has 148 valence electrons. The van der Waals surface area contributed by atoms with Gasteiger partial charge in [0.05, 0.1) is 28.3 Å². The summed E-state index contributed by atoms with van der Waals surface area (Å²) >= 11 is 7.91. The SMILES string of the molecule is CCOCCn1c(=NC(=O)Cc2cccc3ccccc23)sc2cccc(Cl)c21. The van der Waals surface area contributed by atoms with Crippen LogP contribution in [0.2, 0.25) is 5.02 Å². The first-order valence-electron chi connectivity index (χ1n) is 9.57. The molecular formula is C23H21ClN2O2S. The van der Waals surface area contributed by atoms with Crippen molar-refractivity contribution >= 4 is 49.8 Å². The molecule has 0 aliphatic rings. The highest BCUT2D eigenvalue weighted by Gasteiger charge is 2.12. The van der Waals surface area contributed by atoms with Gasteiger partial charge in [-0.15, -0.1) is 0 Å². The van der Waals surface area contributed by atoms with Crippen LogP contribution in [-0.4, -0.2) is 23.7 Å². The maximum absolute atomic E-state index is 12.8. The van der Waals surface area contributed by atoms with Crippen molar-refractivity contribution in [2.45, 2.75) is 19.9 Å². The van der Waals surface area contributed by atoms with E-state index >= 15 is 0 Å². The van der Waals surface area contributed by atoms with Gasteiger partial charge in [-0.25, -0.2) is 0 Å². The minimum absolute atomic E-state index is 0.172. The highest BCUT2D eigenvalue weighted by molar-refractivity contribution is 7.16. The Bertz CT molecular complexity index is 1240. The van der Waals surface area contributed by atoms with E-state index in [-0.39, 0.29) is 12.3 Å². The average Bonchev–Trinajstić information content (AvgIpc) is 3.07. The summed E-state index contributed by atoms with van der Waals surface area (Å²) in [7, 11) is 0. The Kier molecular flexibility index (Phi) is 6.09. The van der Waals surface area contributed by atoms with Crippen molar-refractivity contribution in [1.29, 1.82) is 0 Å². The number of carbonyl (C=O) groups is 1. The third-order valence-corrected chi connectivity index (χ3v) is 6.11. The molecule has 0 aliphatic carbocycles.